The van der Waals surface area contributed by atoms with E-state index in [-0.39, 0.29) is 5.54 Å². The summed E-state index contributed by atoms with van der Waals surface area (Å²) in [5, 5.41) is 0. The van der Waals surface area contributed by atoms with Gasteiger partial charge in [-0.2, -0.15) is 0 Å². The largest absolute Gasteiger partial charge is 0.496 e. The van der Waals surface area contributed by atoms with Crippen molar-refractivity contribution in [3.05, 3.63) is 29.8 Å². The zero-order chi connectivity index (χ0) is 13.8. The summed E-state index contributed by atoms with van der Waals surface area (Å²) in [7, 11) is 5.92. The molecule has 0 aliphatic heterocycles. The Balaban J connectivity index is 2.91. The highest BCUT2D eigenvalue weighted by Gasteiger charge is 2.21. The number of methoxy groups -OCH3 is 1. The Morgan fingerprint density at radius 3 is 2.39 bits per heavy atom. The van der Waals surface area contributed by atoms with Gasteiger partial charge in [-0.05, 0) is 46.9 Å². The lowest BCUT2D eigenvalue weighted by atomic mass is 9.92. The SMILES string of the molecule is COc1ccccc1C(CCC(C)(C)N)N(C)C. The minimum atomic E-state index is -0.129. The molecule has 0 radical (unpaired) electrons. The molecule has 2 N–H and O–H groups in total. The molecule has 18 heavy (non-hydrogen) atoms. The Labute approximate surface area is 111 Å². The van der Waals surface area contributed by atoms with E-state index in [0.717, 1.165) is 18.6 Å². The van der Waals surface area contributed by atoms with Crippen LogP contribution in [0.15, 0.2) is 24.3 Å². The summed E-state index contributed by atoms with van der Waals surface area (Å²) < 4.78 is 5.45. The Bertz CT molecular complexity index is 369. The number of ether oxygens (including phenoxy) is 1. The number of benzene rings is 1. The van der Waals surface area contributed by atoms with E-state index in [4.69, 9.17) is 10.5 Å². The highest BCUT2D eigenvalue weighted by molar-refractivity contribution is 5.35. The minimum absolute atomic E-state index is 0.129. The van der Waals surface area contributed by atoms with Gasteiger partial charge in [-0.15, -0.1) is 0 Å². The van der Waals surface area contributed by atoms with Crippen molar-refractivity contribution in [3.63, 3.8) is 0 Å². The van der Waals surface area contributed by atoms with E-state index in [9.17, 15) is 0 Å². The molecule has 1 atom stereocenters. The molecular weight excluding hydrogens is 224 g/mol. The molecule has 0 fully saturated rings. The van der Waals surface area contributed by atoms with E-state index < -0.39 is 0 Å². The number of rotatable bonds is 6. The zero-order valence-corrected chi connectivity index (χ0v) is 12.2. The van der Waals surface area contributed by atoms with Crippen molar-refractivity contribution in [1.29, 1.82) is 0 Å². The monoisotopic (exact) mass is 250 g/mol. The van der Waals surface area contributed by atoms with Crippen molar-refractivity contribution in [2.75, 3.05) is 21.2 Å². The van der Waals surface area contributed by atoms with Crippen LogP contribution in [0, 0.1) is 0 Å². The number of para-hydroxylation sites is 1. The molecule has 0 spiro atoms. The maximum atomic E-state index is 6.08. The van der Waals surface area contributed by atoms with E-state index in [2.05, 4.69) is 45.0 Å². The van der Waals surface area contributed by atoms with Gasteiger partial charge in [0.2, 0.25) is 0 Å². The van der Waals surface area contributed by atoms with E-state index in [1.165, 1.54) is 5.56 Å². The topological polar surface area (TPSA) is 38.5 Å². The summed E-state index contributed by atoms with van der Waals surface area (Å²) in [6, 6.07) is 8.54. The van der Waals surface area contributed by atoms with Crippen LogP contribution in [0.5, 0.6) is 5.75 Å². The predicted molar refractivity (Wildman–Crippen MR) is 76.9 cm³/mol. The van der Waals surface area contributed by atoms with Crippen LogP contribution in [-0.2, 0) is 0 Å². The van der Waals surface area contributed by atoms with E-state index >= 15 is 0 Å². The number of hydrogen-bond donors (Lipinski definition) is 1. The lowest BCUT2D eigenvalue weighted by molar-refractivity contribution is 0.254. The molecular formula is C15H26N2O. The molecule has 0 amide bonds. The molecule has 0 aliphatic rings. The van der Waals surface area contributed by atoms with Crippen molar-refractivity contribution in [3.8, 4) is 5.75 Å². The van der Waals surface area contributed by atoms with E-state index in [1.54, 1.807) is 7.11 Å². The smallest absolute Gasteiger partial charge is 0.123 e. The second-order valence-electron chi connectivity index (χ2n) is 5.75. The van der Waals surface area contributed by atoms with Gasteiger partial charge in [-0.3, -0.25) is 0 Å². The predicted octanol–water partition coefficient (Wildman–Crippen LogP) is 2.82. The third-order valence-electron chi connectivity index (χ3n) is 3.18. The van der Waals surface area contributed by atoms with Crippen molar-refractivity contribution < 1.29 is 4.74 Å². The maximum Gasteiger partial charge on any atom is 0.123 e. The van der Waals surface area contributed by atoms with Crippen LogP contribution in [0.3, 0.4) is 0 Å². The van der Waals surface area contributed by atoms with Crippen LogP contribution in [0.2, 0.25) is 0 Å². The molecule has 0 heterocycles. The van der Waals surface area contributed by atoms with Crippen LogP contribution >= 0.6 is 0 Å². The molecule has 1 aromatic rings. The summed E-state index contributed by atoms with van der Waals surface area (Å²) in [6.45, 7) is 4.14. The maximum absolute atomic E-state index is 6.08. The van der Waals surface area contributed by atoms with Gasteiger partial charge in [0.05, 0.1) is 7.11 Å². The summed E-state index contributed by atoms with van der Waals surface area (Å²) in [5.41, 5.74) is 7.18. The molecule has 0 aliphatic carbocycles. The number of nitrogens with zero attached hydrogens (tertiary/aromatic N) is 1. The Kier molecular flexibility index (Phi) is 5.17. The standard InChI is InChI=1S/C15H26N2O/c1-15(2,16)11-10-13(17(3)4)12-8-6-7-9-14(12)18-5/h6-9,13H,10-11,16H2,1-5H3. The van der Waals surface area contributed by atoms with Gasteiger partial charge in [0.15, 0.2) is 0 Å². The Morgan fingerprint density at radius 1 is 1.28 bits per heavy atom. The molecule has 0 bridgehead atoms. The number of nitrogens with two attached hydrogens (primary N) is 1. The molecule has 0 saturated carbocycles. The molecule has 0 saturated heterocycles. The van der Waals surface area contributed by atoms with Gasteiger partial charge in [0, 0.05) is 17.1 Å². The summed E-state index contributed by atoms with van der Waals surface area (Å²) in [6.07, 6.45) is 2.00. The molecule has 1 rings (SSSR count). The zero-order valence-electron chi connectivity index (χ0n) is 12.2. The second-order valence-corrected chi connectivity index (χ2v) is 5.75. The Morgan fingerprint density at radius 2 is 1.89 bits per heavy atom. The quantitative estimate of drug-likeness (QED) is 0.843. The van der Waals surface area contributed by atoms with Gasteiger partial charge in [0.25, 0.3) is 0 Å². The molecule has 3 nitrogen and oxygen atoms in total. The van der Waals surface area contributed by atoms with Gasteiger partial charge in [-0.25, -0.2) is 0 Å². The van der Waals surface area contributed by atoms with Gasteiger partial charge in [-0.1, -0.05) is 18.2 Å². The van der Waals surface area contributed by atoms with Gasteiger partial charge < -0.3 is 15.4 Å². The van der Waals surface area contributed by atoms with Crippen LogP contribution in [0.25, 0.3) is 0 Å². The third-order valence-corrected chi connectivity index (χ3v) is 3.18. The Hall–Kier alpha value is -1.06. The van der Waals surface area contributed by atoms with Crippen LogP contribution < -0.4 is 10.5 Å². The second kappa shape index (κ2) is 6.21. The van der Waals surface area contributed by atoms with Crippen molar-refractivity contribution >= 4 is 0 Å². The lowest BCUT2D eigenvalue weighted by Crippen LogP contribution is -2.33. The average molecular weight is 250 g/mol. The first-order chi connectivity index (χ1) is 8.35. The van der Waals surface area contributed by atoms with Gasteiger partial charge >= 0.3 is 0 Å². The van der Waals surface area contributed by atoms with Crippen LogP contribution in [0.1, 0.15) is 38.3 Å². The fourth-order valence-electron chi connectivity index (χ4n) is 2.14. The normalized spacial score (nSPS) is 13.7. The van der Waals surface area contributed by atoms with Gasteiger partial charge in [0.1, 0.15) is 5.75 Å². The average Bonchev–Trinajstić information content (AvgIpc) is 2.28. The number of hydrogen-bond acceptors (Lipinski definition) is 3. The molecule has 1 aromatic carbocycles. The molecule has 0 aromatic heterocycles. The molecule has 1 unspecified atom stereocenters. The third kappa shape index (κ3) is 4.31. The van der Waals surface area contributed by atoms with Crippen LogP contribution in [-0.4, -0.2) is 31.6 Å². The summed E-state index contributed by atoms with van der Waals surface area (Å²) in [5.74, 6) is 0.950. The van der Waals surface area contributed by atoms with Crippen molar-refractivity contribution in [1.82, 2.24) is 4.90 Å². The molecule has 3 heteroatoms. The first-order valence-electron chi connectivity index (χ1n) is 6.43. The minimum Gasteiger partial charge on any atom is -0.496 e. The fraction of sp³-hybridized carbons (Fsp3) is 0.600. The summed E-state index contributed by atoms with van der Waals surface area (Å²) >= 11 is 0. The lowest BCUT2D eigenvalue weighted by Gasteiger charge is -2.29. The van der Waals surface area contributed by atoms with E-state index in [0.29, 0.717) is 6.04 Å². The fourth-order valence-corrected chi connectivity index (χ4v) is 2.14. The van der Waals surface area contributed by atoms with Crippen molar-refractivity contribution in [2.45, 2.75) is 38.3 Å². The summed E-state index contributed by atoms with van der Waals surface area (Å²) in [4.78, 5) is 2.23. The van der Waals surface area contributed by atoms with Crippen LogP contribution in [0.4, 0.5) is 0 Å². The highest BCUT2D eigenvalue weighted by atomic mass is 16.5. The first kappa shape index (κ1) is 15.0. The first-order valence-corrected chi connectivity index (χ1v) is 6.43. The van der Waals surface area contributed by atoms with Crippen molar-refractivity contribution in [2.24, 2.45) is 5.73 Å². The molecule has 102 valence electrons. The highest BCUT2D eigenvalue weighted by Crippen LogP contribution is 2.32. The van der Waals surface area contributed by atoms with E-state index in [1.807, 2.05) is 12.1 Å².